The Hall–Kier alpha value is -1.28. The minimum Gasteiger partial charge on any atom is -0.463 e. The molecule has 1 unspecified atom stereocenters. The van der Waals surface area contributed by atoms with Gasteiger partial charge in [0.05, 0.1) is 17.7 Å². The number of hydrogen-bond donors (Lipinski definition) is 0. The van der Waals surface area contributed by atoms with Crippen molar-refractivity contribution < 1.29 is 18.6 Å². The molecular formula is C18H29O4P. The molecule has 23 heavy (non-hydrogen) atoms. The SMILES string of the molecule is CC(C)OC(=O)C(C)(C)CP(=O)(Oc1ccccc1)C(C)(C)C. The minimum absolute atomic E-state index is 0.129. The van der Waals surface area contributed by atoms with E-state index in [2.05, 4.69) is 0 Å². The van der Waals surface area contributed by atoms with Crippen molar-refractivity contribution in [2.24, 2.45) is 5.41 Å². The third kappa shape index (κ3) is 5.39. The Morgan fingerprint density at radius 2 is 1.61 bits per heavy atom. The van der Waals surface area contributed by atoms with Gasteiger partial charge in [-0.05, 0) is 39.8 Å². The van der Waals surface area contributed by atoms with Crippen LogP contribution in [-0.2, 0) is 14.1 Å². The van der Waals surface area contributed by atoms with Crippen molar-refractivity contribution in [2.75, 3.05) is 6.16 Å². The monoisotopic (exact) mass is 340 g/mol. The van der Waals surface area contributed by atoms with E-state index in [-0.39, 0.29) is 18.2 Å². The molecule has 0 aliphatic carbocycles. The first kappa shape index (κ1) is 19.8. The number of rotatable bonds is 6. The molecule has 0 amide bonds. The first-order chi connectivity index (χ1) is 10.4. The Labute approximate surface area is 140 Å². The van der Waals surface area contributed by atoms with Crippen LogP contribution in [0.15, 0.2) is 30.3 Å². The summed E-state index contributed by atoms with van der Waals surface area (Å²) >= 11 is 0. The van der Waals surface area contributed by atoms with Crippen molar-refractivity contribution in [1.82, 2.24) is 0 Å². The maximum absolute atomic E-state index is 13.6. The summed E-state index contributed by atoms with van der Waals surface area (Å²) < 4.78 is 24.8. The molecule has 0 aliphatic heterocycles. The third-order valence-corrected chi connectivity index (χ3v) is 7.27. The molecule has 0 saturated carbocycles. The number of carbonyl (C=O) groups excluding carboxylic acids is 1. The van der Waals surface area contributed by atoms with Gasteiger partial charge in [0.2, 0.25) is 0 Å². The third-order valence-electron chi connectivity index (χ3n) is 3.52. The van der Waals surface area contributed by atoms with E-state index in [0.717, 1.165) is 0 Å². The van der Waals surface area contributed by atoms with Gasteiger partial charge in [-0.3, -0.25) is 9.36 Å². The van der Waals surface area contributed by atoms with Gasteiger partial charge in [-0.25, -0.2) is 0 Å². The van der Waals surface area contributed by atoms with Crippen molar-refractivity contribution in [3.63, 3.8) is 0 Å². The van der Waals surface area contributed by atoms with Crippen LogP contribution >= 0.6 is 7.37 Å². The van der Waals surface area contributed by atoms with Crippen molar-refractivity contribution >= 4 is 13.3 Å². The van der Waals surface area contributed by atoms with Crippen LogP contribution in [0.5, 0.6) is 5.75 Å². The summed E-state index contributed by atoms with van der Waals surface area (Å²) in [5, 5.41) is -0.585. The van der Waals surface area contributed by atoms with Crippen LogP contribution < -0.4 is 4.52 Å². The van der Waals surface area contributed by atoms with Gasteiger partial charge in [-0.1, -0.05) is 39.0 Å². The molecule has 0 heterocycles. The lowest BCUT2D eigenvalue weighted by molar-refractivity contribution is -0.156. The van der Waals surface area contributed by atoms with Crippen molar-refractivity contribution in [1.29, 1.82) is 0 Å². The molecule has 130 valence electrons. The van der Waals surface area contributed by atoms with E-state index in [4.69, 9.17) is 9.26 Å². The lowest BCUT2D eigenvalue weighted by atomic mass is 9.97. The summed E-state index contributed by atoms with van der Waals surface area (Å²) in [6.07, 6.45) is -0.0740. The number of hydrogen-bond acceptors (Lipinski definition) is 4. The molecule has 0 bridgehead atoms. The Kier molecular flexibility index (Phi) is 6.09. The van der Waals surface area contributed by atoms with Crippen LogP contribution in [0.3, 0.4) is 0 Å². The summed E-state index contributed by atoms with van der Waals surface area (Å²) in [5.74, 6) is 0.201. The highest BCUT2D eigenvalue weighted by Crippen LogP contribution is 2.61. The topological polar surface area (TPSA) is 52.6 Å². The van der Waals surface area contributed by atoms with Crippen LogP contribution in [0, 0.1) is 5.41 Å². The largest absolute Gasteiger partial charge is 0.463 e. The lowest BCUT2D eigenvalue weighted by Crippen LogP contribution is -2.36. The zero-order chi connectivity index (χ0) is 17.9. The van der Waals surface area contributed by atoms with E-state index in [1.165, 1.54) is 0 Å². The fourth-order valence-corrected chi connectivity index (χ4v) is 4.46. The van der Waals surface area contributed by atoms with Gasteiger partial charge in [0.25, 0.3) is 7.37 Å². The van der Waals surface area contributed by atoms with Crippen molar-refractivity contribution in [3.05, 3.63) is 30.3 Å². The van der Waals surface area contributed by atoms with Gasteiger partial charge in [-0.15, -0.1) is 0 Å². The molecule has 0 fully saturated rings. The van der Waals surface area contributed by atoms with Gasteiger partial charge < -0.3 is 9.26 Å². The summed E-state index contributed by atoms with van der Waals surface area (Å²) in [6.45, 7) is 12.7. The van der Waals surface area contributed by atoms with Crippen LogP contribution in [0.2, 0.25) is 0 Å². The Bertz CT molecular complexity index is 570. The number of benzene rings is 1. The lowest BCUT2D eigenvalue weighted by Gasteiger charge is -2.36. The second kappa shape index (κ2) is 7.09. The van der Waals surface area contributed by atoms with Gasteiger partial charge >= 0.3 is 5.97 Å². The maximum atomic E-state index is 13.6. The molecule has 0 radical (unpaired) electrons. The quantitative estimate of drug-likeness (QED) is 0.533. The van der Waals surface area contributed by atoms with E-state index < -0.39 is 17.9 Å². The maximum Gasteiger partial charge on any atom is 0.312 e. The molecule has 4 nitrogen and oxygen atoms in total. The summed E-state index contributed by atoms with van der Waals surface area (Å²) in [7, 11) is -3.14. The highest BCUT2D eigenvalue weighted by molar-refractivity contribution is 7.61. The van der Waals surface area contributed by atoms with E-state index in [1.807, 2.05) is 39.0 Å². The summed E-state index contributed by atoms with van der Waals surface area (Å²) in [4.78, 5) is 12.3. The molecule has 5 heteroatoms. The fourth-order valence-electron chi connectivity index (χ4n) is 2.02. The number of carbonyl (C=O) groups is 1. The number of esters is 1. The Morgan fingerprint density at radius 1 is 1.09 bits per heavy atom. The standard InChI is InChI=1S/C18H29O4P/c1-14(2)21-16(19)18(6,7)13-23(20,17(3,4)5)22-15-11-9-8-10-12-15/h8-12,14H,13H2,1-7H3. The average molecular weight is 340 g/mol. The summed E-state index contributed by atoms with van der Waals surface area (Å²) in [6, 6.07) is 9.09. The minimum atomic E-state index is -3.14. The predicted molar refractivity (Wildman–Crippen MR) is 94.3 cm³/mol. The second-order valence-corrected chi connectivity index (χ2v) is 10.9. The second-order valence-electron chi connectivity index (χ2n) is 7.74. The van der Waals surface area contributed by atoms with E-state index in [0.29, 0.717) is 5.75 Å². The van der Waals surface area contributed by atoms with Gasteiger partial charge in [0, 0.05) is 5.16 Å². The van der Waals surface area contributed by atoms with Gasteiger partial charge in [-0.2, -0.15) is 0 Å². The smallest absolute Gasteiger partial charge is 0.312 e. The van der Waals surface area contributed by atoms with E-state index in [1.54, 1.807) is 39.8 Å². The number of para-hydroxylation sites is 1. The van der Waals surface area contributed by atoms with E-state index >= 15 is 0 Å². The first-order valence-corrected chi connectivity index (χ1v) is 9.73. The van der Waals surface area contributed by atoms with Crippen LogP contribution in [-0.4, -0.2) is 23.4 Å². The Morgan fingerprint density at radius 3 is 2.04 bits per heavy atom. The first-order valence-electron chi connectivity index (χ1n) is 7.92. The molecule has 1 atom stereocenters. The molecule has 0 aliphatic rings. The highest BCUT2D eigenvalue weighted by Gasteiger charge is 2.46. The predicted octanol–water partition coefficient (Wildman–Crippen LogP) is 5.12. The number of ether oxygens (including phenoxy) is 1. The molecule has 1 aromatic rings. The Balaban J connectivity index is 3.08. The summed E-state index contributed by atoms with van der Waals surface area (Å²) in [5.41, 5.74) is -0.887. The molecule has 0 spiro atoms. The van der Waals surface area contributed by atoms with Gasteiger partial charge in [0.1, 0.15) is 5.75 Å². The molecule has 0 saturated heterocycles. The molecule has 0 N–H and O–H groups in total. The van der Waals surface area contributed by atoms with Gasteiger partial charge in [0.15, 0.2) is 0 Å². The molecule has 1 rings (SSSR count). The molecular weight excluding hydrogens is 311 g/mol. The fraction of sp³-hybridized carbons (Fsp3) is 0.611. The normalized spacial score (nSPS) is 15.1. The average Bonchev–Trinajstić information content (AvgIpc) is 2.36. The van der Waals surface area contributed by atoms with Crippen molar-refractivity contribution in [2.45, 2.75) is 59.7 Å². The zero-order valence-electron chi connectivity index (χ0n) is 15.3. The van der Waals surface area contributed by atoms with Crippen LogP contribution in [0.1, 0.15) is 48.5 Å². The van der Waals surface area contributed by atoms with Crippen LogP contribution in [0.25, 0.3) is 0 Å². The van der Waals surface area contributed by atoms with Crippen LogP contribution in [0.4, 0.5) is 0 Å². The molecule has 1 aromatic carbocycles. The van der Waals surface area contributed by atoms with E-state index in [9.17, 15) is 9.36 Å². The van der Waals surface area contributed by atoms with Crippen molar-refractivity contribution in [3.8, 4) is 5.75 Å². The highest BCUT2D eigenvalue weighted by atomic mass is 31.2. The molecule has 0 aromatic heterocycles. The zero-order valence-corrected chi connectivity index (χ0v) is 16.1.